The van der Waals surface area contributed by atoms with Gasteiger partial charge < -0.3 is 5.11 Å². The molecule has 0 atom stereocenters. The maximum atomic E-state index is 10.4. The van der Waals surface area contributed by atoms with Crippen molar-refractivity contribution in [1.82, 2.24) is 0 Å². The van der Waals surface area contributed by atoms with Crippen molar-refractivity contribution in [3.8, 4) is 0 Å². The number of benzene rings is 1. The molecule has 1 N–H and O–H groups in total. The fraction of sp³-hybridized carbons (Fsp3) is 0. The molecule has 0 amide bonds. The molecule has 2 rings (SSSR count). The molecule has 0 saturated heterocycles. The van der Waals surface area contributed by atoms with Gasteiger partial charge in [0, 0.05) is 15.7 Å². The highest BCUT2D eigenvalue weighted by atomic mass is 32.1. The molecule has 0 aliphatic carbocycles. The van der Waals surface area contributed by atoms with Gasteiger partial charge >= 0.3 is 5.97 Å². The van der Waals surface area contributed by atoms with Crippen molar-refractivity contribution in [2.24, 2.45) is 0 Å². The third-order valence-electron chi connectivity index (χ3n) is 2.17. The molecule has 80 valence electrons. The first-order valence-corrected chi connectivity index (χ1v) is 5.57. The van der Waals surface area contributed by atoms with Gasteiger partial charge in [0.05, 0.1) is 0 Å². The molecular formula is C13H10O2S. The summed E-state index contributed by atoms with van der Waals surface area (Å²) in [5.74, 6) is -0.956. The summed E-state index contributed by atoms with van der Waals surface area (Å²) in [6.07, 6.45) is 2.62. The summed E-state index contributed by atoms with van der Waals surface area (Å²) < 4.78 is 1.18. The van der Waals surface area contributed by atoms with Crippen molar-refractivity contribution >= 4 is 33.0 Å². The maximum Gasteiger partial charge on any atom is 0.328 e. The van der Waals surface area contributed by atoms with Crippen LogP contribution in [0.3, 0.4) is 0 Å². The van der Waals surface area contributed by atoms with Gasteiger partial charge in [0.25, 0.3) is 0 Å². The summed E-state index contributed by atoms with van der Waals surface area (Å²) >= 11 is 1.61. The topological polar surface area (TPSA) is 37.3 Å². The SMILES string of the molecule is C=C(/C=C\C(=O)O)c1cc2ccccc2s1. The molecule has 0 saturated carbocycles. The Morgan fingerprint density at radius 3 is 2.75 bits per heavy atom. The molecule has 0 fully saturated rings. The minimum Gasteiger partial charge on any atom is -0.478 e. The molecule has 2 aromatic rings. The monoisotopic (exact) mass is 230 g/mol. The number of carboxylic acids is 1. The van der Waals surface area contributed by atoms with Gasteiger partial charge in [-0.05, 0) is 29.2 Å². The van der Waals surface area contributed by atoms with Crippen LogP contribution in [-0.4, -0.2) is 11.1 Å². The first kappa shape index (κ1) is 10.6. The third kappa shape index (κ3) is 2.20. The van der Waals surface area contributed by atoms with E-state index >= 15 is 0 Å². The molecule has 1 aromatic carbocycles. The highest BCUT2D eigenvalue weighted by molar-refractivity contribution is 7.20. The predicted octanol–water partition coefficient (Wildman–Crippen LogP) is 3.56. The Kier molecular flexibility index (Phi) is 2.88. The fourth-order valence-corrected chi connectivity index (χ4v) is 2.41. The van der Waals surface area contributed by atoms with E-state index in [-0.39, 0.29) is 0 Å². The van der Waals surface area contributed by atoms with Crippen LogP contribution < -0.4 is 0 Å². The van der Waals surface area contributed by atoms with E-state index in [0.29, 0.717) is 0 Å². The van der Waals surface area contributed by atoms with E-state index in [1.54, 1.807) is 11.3 Å². The van der Waals surface area contributed by atoms with Crippen molar-refractivity contribution in [2.75, 3.05) is 0 Å². The Balaban J connectivity index is 2.33. The quantitative estimate of drug-likeness (QED) is 0.646. The summed E-state index contributed by atoms with van der Waals surface area (Å²) in [6, 6.07) is 10.1. The molecule has 0 radical (unpaired) electrons. The molecule has 0 bridgehead atoms. The number of hydrogen-bond acceptors (Lipinski definition) is 2. The van der Waals surface area contributed by atoms with Gasteiger partial charge in [-0.1, -0.05) is 24.8 Å². The summed E-state index contributed by atoms with van der Waals surface area (Å²) in [6.45, 7) is 3.85. The largest absolute Gasteiger partial charge is 0.478 e. The van der Waals surface area contributed by atoms with Crippen molar-refractivity contribution in [3.63, 3.8) is 0 Å². The van der Waals surface area contributed by atoms with Gasteiger partial charge in [-0.2, -0.15) is 0 Å². The van der Waals surface area contributed by atoms with E-state index in [4.69, 9.17) is 5.11 Å². The number of rotatable bonds is 3. The van der Waals surface area contributed by atoms with Gasteiger partial charge in [0.15, 0.2) is 0 Å². The Hall–Kier alpha value is -1.87. The van der Waals surface area contributed by atoms with Crippen molar-refractivity contribution in [2.45, 2.75) is 0 Å². The van der Waals surface area contributed by atoms with E-state index in [2.05, 4.69) is 6.58 Å². The van der Waals surface area contributed by atoms with E-state index in [9.17, 15) is 4.79 Å². The predicted molar refractivity (Wildman–Crippen MR) is 67.6 cm³/mol. The van der Waals surface area contributed by atoms with E-state index in [1.165, 1.54) is 10.8 Å². The van der Waals surface area contributed by atoms with Gasteiger partial charge in [0.2, 0.25) is 0 Å². The number of hydrogen-bond donors (Lipinski definition) is 1. The zero-order valence-electron chi connectivity index (χ0n) is 8.51. The van der Waals surface area contributed by atoms with Gasteiger partial charge in [-0.3, -0.25) is 0 Å². The number of carboxylic acid groups (broad SMARTS) is 1. The highest BCUT2D eigenvalue weighted by Crippen LogP contribution is 2.30. The Bertz CT molecular complexity index is 545. The molecule has 0 aliphatic heterocycles. The molecule has 0 unspecified atom stereocenters. The second-order valence-electron chi connectivity index (χ2n) is 3.35. The Morgan fingerprint density at radius 2 is 2.06 bits per heavy atom. The lowest BCUT2D eigenvalue weighted by Gasteiger charge is -1.91. The normalized spacial score (nSPS) is 11.0. The average molecular weight is 230 g/mol. The molecule has 0 aliphatic rings. The molecule has 3 heteroatoms. The highest BCUT2D eigenvalue weighted by Gasteiger charge is 2.02. The van der Waals surface area contributed by atoms with Crippen LogP contribution in [0.25, 0.3) is 15.7 Å². The zero-order chi connectivity index (χ0) is 11.5. The van der Waals surface area contributed by atoms with Crippen LogP contribution in [0.5, 0.6) is 0 Å². The summed E-state index contributed by atoms with van der Waals surface area (Å²) in [5.41, 5.74) is 0.726. The standard InChI is InChI=1S/C13H10O2S/c1-9(6-7-13(14)15)12-8-10-4-2-3-5-11(10)16-12/h2-8H,1H2,(H,14,15)/b7-6-. The van der Waals surface area contributed by atoms with Crippen LogP contribution in [0.4, 0.5) is 0 Å². The summed E-state index contributed by atoms with van der Waals surface area (Å²) in [7, 11) is 0. The lowest BCUT2D eigenvalue weighted by Crippen LogP contribution is -1.85. The smallest absolute Gasteiger partial charge is 0.328 e. The summed E-state index contributed by atoms with van der Waals surface area (Å²) in [5, 5.41) is 9.68. The van der Waals surface area contributed by atoms with E-state index in [1.807, 2.05) is 30.3 Å². The average Bonchev–Trinajstić information content (AvgIpc) is 2.69. The molecule has 16 heavy (non-hydrogen) atoms. The third-order valence-corrected chi connectivity index (χ3v) is 3.36. The van der Waals surface area contributed by atoms with Crippen LogP contribution in [-0.2, 0) is 4.79 Å². The van der Waals surface area contributed by atoms with Crippen LogP contribution in [0.1, 0.15) is 4.88 Å². The number of fused-ring (bicyclic) bond motifs is 1. The first-order valence-electron chi connectivity index (χ1n) is 4.75. The van der Waals surface area contributed by atoms with Gasteiger partial charge in [-0.25, -0.2) is 4.79 Å². The molecule has 2 nitrogen and oxygen atoms in total. The number of thiophene rings is 1. The molecule has 0 spiro atoms. The molecular weight excluding hydrogens is 220 g/mol. The van der Waals surface area contributed by atoms with Gasteiger partial charge in [-0.15, -0.1) is 11.3 Å². The lowest BCUT2D eigenvalue weighted by molar-refractivity contribution is -0.131. The first-order chi connectivity index (χ1) is 7.66. The van der Waals surface area contributed by atoms with Crippen LogP contribution in [0, 0.1) is 0 Å². The number of aliphatic carboxylic acids is 1. The Morgan fingerprint density at radius 1 is 1.31 bits per heavy atom. The molecule has 1 heterocycles. The fourth-order valence-electron chi connectivity index (χ4n) is 1.39. The van der Waals surface area contributed by atoms with Crippen LogP contribution >= 0.6 is 11.3 Å². The van der Waals surface area contributed by atoms with Crippen molar-refractivity contribution in [1.29, 1.82) is 0 Å². The van der Waals surface area contributed by atoms with Crippen molar-refractivity contribution < 1.29 is 9.90 Å². The molecule has 1 aromatic heterocycles. The maximum absolute atomic E-state index is 10.4. The number of allylic oxidation sites excluding steroid dienone is 2. The van der Waals surface area contributed by atoms with E-state index < -0.39 is 5.97 Å². The minimum absolute atomic E-state index is 0.726. The van der Waals surface area contributed by atoms with Crippen LogP contribution in [0.15, 0.2) is 49.1 Å². The second kappa shape index (κ2) is 4.33. The van der Waals surface area contributed by atoms with Crippen molar-refractivity contribution in [3.05, 3.63) is 53.9 Å². The zero-order valence-corrected chi connectivity index (χ0v) is 9.33. The lowest BCUT2D eigenvalue weighted by atomic mass is 10.2. The van der Waals surface area contributed by atoms with Crippen LogP contribution in [0.2, 0.25) is 0 Å². The Labute approximate surface area is 97.2 Å². The second-order valence-corrected chi connectivity index (χ2v) is 4.43. The minimum atomic E-state index is -0.956. The summed E-state index contributed by atoms with van der Waals surface area (Å²) in [4.78, 5) is 11.4. The van der Waals surface area contributed by atoms with Gasteiger partial charge in [0.1, 0.15) is 0 Å². The number of carbonyl (C=O) groups is 1. The van der Waals surface area contributed by atoms with E-state index in [0.717, 1.165) is 21.9 Å².